The van der Waals surface area contributed by atoms with E-state index in [4.69, 9.17) is 5.11 Å². The number of rotatable bonds is 16. The molecule has 134 valence electrons. The SMILES string of the molecule is CCCC(CCCCCCCCCCCCCO)S(=O)(=O)[O-].[K+]. The van der Waals surface area contributed by atoms with Crippen LogP contribution in [0.5, 0.6) is 0 Å². The van der Waals surface area contributed by atoms with Crippen molar-refractivity contribution in [3.63, 3.8) is 0 Å². The van der Waals surface area contributed by atoms with Gasteiger partial charge in [0.1, 0.15) is 0 Å². The minimum Gasteiger partial charge on any atom is -0.748 e. The molecule has 0 aliphatic carbocycles. The molecule has 0 spiro atoms. The van der Waals surface area contributed by atoms with Crippen molar-refractivity contribution < 1.29 is 69.5 Å². The third kappa shape index (κ3) is 18.1. The van der Waals surface area contributed by atoms with Crippen molar-refractivity contribution in [1.82, 2.24) is 0 Å². The second-order valence-corrected chi connectivity index (χ2v) is 7.96. The molecule has 0 aliphatic heterocycles. The molecule has 1 atom stereocenters. The fourth-order valence-corrected chi connectivity index (χ4v) is 3.81. The zero-order valence-electron chi connectivity index (χ0n) is 15.3. The smallest absolute Gasteiger partial charge is 0.748 e. The average molecular weight is 375 g/mol. The predicted molar refractivity (Wildman–Crippen MR) is 90.9 cm³/mol. The summed E-state index contributed by atoms with van der Waals surface area (Å²) in [5.41, 5.74) is 0. The Balaban J connectivity index is 0. The molecular weight excluding hydrogens is 339 g/mol. The summed E-state index contributed by atoms with van der Waals surface area (Å²) < 4.78 is 33.3. The van der Waals surface area contributed by atoms with E-state index >= 15 is 0 Å². The first kappa shape index (κ1) is 26.7. The van der Waals surface area contributed by atoms with Gasteiger partial charge in [0.2, 0.25) is 0 Å². The molecule has 0 aliphatic rings. The van der Waals surface area contributed by atoms with Gasteiger partial charge in [0.05, 0.1) is 10.1 Å². The van der Waals surface area contributed by atoms with Gasteiger partial charge in [0.25, 0.3) is 0 Å². The zero-order valence-corrected chi connectivity index (χ0v) is 19.2. The van der Waals surface area contributed by atoms with Gasteiger partial charge in [0.15, 0.2) is 0 Å². The molecule has 0 radical (unpaired) electrons. The van der Waals surface area contributed by atoms with Crippen LogP contribution in [0, 0.1) is 0 Å². The van der Waals surface area contributed by atoms with Gasteiger partial charge in [-0.25, -0.2) is 8.42 Å². The molecule has 0 amide bonds. The van der Waals surface area contributed by atoms with Crippen molar-refractivity contribution >= 4 is 10.1 Å². The van der Waals surface area contributed by atoms with Crippen molar-refractivity contribution in [3.8, 4) is 0 Å². The molecule has 0 saturated carbocycles. The maximum Gasteiger partial charge on any atom is 1.00 e. The Hall–Kier alpha value is 1.51. The first-order valence-electron chi connectivity index (χ1n) is 9.08. The van der Waals surface area contributed by atoms with E-state index in [-0.39, 0.29) is 51.4 Å². The van der Waals surface area contributed by atoms with Crippen LogP contribution in [0.25, 0.3) is 0 Å². The molecule has 0 saturated heterocycles. The molecule has 0 rings (SSSR count). The minimum atomic E-state index is -4.11. The Morgan fingerprint density at radius 1 is 0.783 bits per heavy atom. The second kappa shape index (κ2) is 18.3. The van der Waals surface area contributed by atoms with Crippen LogP contribution in [0.4, 0.5) is 0 Å². The summed E-state index contributed by atoms with van der Waals surface area (Å²) in [5, 5.41) is 8.00. The normalized spacial score (nSPS) is 12.8. The van der Waals surface area contributed by atoms with E-state index in [9.17, 15) is 13.0 Å². The summed E-state index contributed by atoms with van der Waals surface area (Å²) >= 11 is 0. The molecule has 6 heteroatoms. The Bertz CT molecular complexity index is 333. The van der Waals surface area contributed by atoms with Gasteiger partial charge in [-0.05, 0) is 19.3 Å². The zero-order chi connectivity index (χ0) is 16.7. The van der Waals surface area contributed by atoms with E-state index in [1.165, 1.54) is 38.5 Å². The standard InChI is InChI=1S/C17H36O4S.K/c1-2-14-17(22(19,20)21)15-12-10-8-6-4-3-5-7-9-11-13-16-18;/h17-18H,2-16H2,1H3,(H,19,20,21);/q;+1/p-1. The van der Waals surface area contributed by atoms with Crippen molar-refractivity contribution in [1.29, 1.82) is 0 Å². The van der Waals surface area contributed by atoms with Crippen molar-refractivity contribution in [2.24, 2.45) is 0 Å². The molecule has 0 fully saturated rings. The molecule has 0 aromatic carbocycles. The summed E-state index contributed by atoms with van der Waals surface area (Å²) in [7, 11) is -4.11. The molecule has 1 unspecified atom stereocenters. The fourth-order valence-electron chi connectivity index (χ4n) is 2.83. The summed E-state index contributed by atoms with van der Waals surface area (Å²) in [4.78, 5) is 0. The Morgan fingerprint density at radius 3 is 1.52 bits per heavy atom. The van der Waals surface area contributed by atoms with Crippen LogP contribution in [-0.4, -0.2) is 29.9 Å². The Kier molecular flexibility index (Phi) is 21.3. The molecular formula is C17H35KO4S. The van der Waals surface area contributed by atoms with Crippen molar-refractivity contribution in [2.45, 2.75) is 102 Å². The molecule has 0 heterocycles. The molecule has 23 heavy (non-hydrogen) atoms. The molecule has 0 bridgehead atoms. The van der Waals surface area contributed by atoms with Gasteiger partial charge in [-0.15, -0.1) is 0 Å². The molecule has 0 aromatic heterocycles. The van der Waals surface area contributed by atoms with E-state index in [2.05, 4.69) is 0 Å². The van der Waals surface area contributed by atoms with Crippen LogP contribution >= 0.6 is 0 Å². The van der Waals surface area contributed by atoms with Gasteiger partial charge in [-0.3, -0.25) is 0 Å². The van der Waals surface area contributed by atoms with Crippen LogP contribution in [0.15, 0.2) is 0 Å². The first-order valence-corrected chi connectivity index (χ1v) is 10.5. The van der Waals surface area contributed by atoms with Crippen LogP contribution in [0.3, 0.4) is 0 Å². The Labute approximate surface area is 186 Å². The Morgan fingerprint density at radius 2 is 1.17 bits per heavy atom. The number of aliphatic hydroxyl groups excluding tert-OH is 1. The van der Waals surface area contributed by atoms with Gasteiger partial charge in [-0.1, -0.05) is 77.6 Å². The average Bonchev–Trinajstić information content (AvgIpc) is 2.46. The largest absolute Gasteiger partial charge is 1.00 e. The first-order chi connectivity index (χ1) is 10.5. The summed E-state index contributed by atoms with van der Waals surface area (Å²) in [6.45, 7) is 2.23. The topological polar surface area (TPSA) is 77.4 Å². The maximum atomic E-state index is 11.1. The number of hydrogen-bond acceptors (Lipinski definition) is 4. The predicted octanol–water partition coefficient (Wildman–Crippen LogP) is 1.38. The van der Waals surface area contributed by atoms with E-state index in [0.29, 0.717) is 19.4 Å². The van der Waals surface area contributed by atoms with Crippen LogP contribution in [0.1, 0.15) is 96.8 Å². The monoisotopic (exact) mass is 374 g/mol. The number of hydrogen-bond donors (Lipinski definition) is 1. The summed E-state index contributed by atoms with van der Waals surface area (Å²) in [5.74, 6) is 0. The second-order valence-electron chi connectivity index (χ2n) is 6.30. The van der Waals surface area contributed by atoms with E-state index in [1.54, 1.807) is 0 Å². The van der Waals surface area contributed by atoms with Gasteiger partial charge >= 0.3 is 51.4 Å². The van der Waals surface area contributed by atoms with Gasteiger partial charge in [0, 0.05) is 11.9 Å². The van der Waals surface area contributed by atoms with E-state index < -0.39 is 15.4 Å². The molecule has 0 aromatic rings. The third-order valence-electron chi connectivity index (χ3n) is 4.20. The van der Waals surface area contributed by atoms with Gasteiger partial charge < -0.3 is 9.66 Å². The van der Waals surface area contributed by atoms with Crippen molar-refractivity contribution in [3.05, 3.63) is 0 Å². The summed E-state index contributed by atoms with van der Waals surface area (Å²) in [6.07, 6.45) is 14.4. The summed E-state index contributed by atoms with van der Waals surface area (Å²) in [6, 6.07) is 0. The molecule has 4 nitrogen and oxygen atoms in total. The van der Waals surface area contributed by atoms with Crippen LogP contribution in [-0.2, 0) is 10.1 Å². The fraction of sp³-hybridized carbons (Fsp3) is 1.00. The van der Waals surface area contributed by atoms with Crippen molar-refractivity contribution in [2.75, 3.05) is 6.61 Å². The van der Waals surface area contributed by atoms with E-state index in [0.717, 1.165) is 38.5 Å². The maximum absolute atomic E-state index is 11.1. The number of unbranched alkanes of at least 4 members (excludes halogenated alkanes) is 10. The van der Waals surface area contributed by atoms with Crippen LogP contribution < -0.4 is 51.4 Å². The van der Waals surface area contributed by atoms with Crippen LogP contribution in [0.2, 0.25) is 0 Å². The third-order valence-corrected chi connectivity index (χ3v) is 5.49. The molecule has 1 N–H and O–H groups in total. The number of aliphatic hydroxyl groups is 1. The quantitative estimate of drug-likeness (QED) is 0.251. The van der Waals surface area contributed by atoms with E-state index in [1.807, 2.05) is 6.92 Å². The minimum absolute atomic E-state index is 0. The van der Waals surface area contributed by atoms with Gasteiger partial charge in [-0.2, -0.15) is 0 Å².